The highest BCUT2D eigenvalue weighted by atomic mass is 16.5. The Morgan fingerprint density at radius 1 is 1.47 bits per heavy atom. The van der Waals surface area contributed by atoms with Crippen LogP contribution in [0.4, 0.5) is 4.79 Å². The monoisotopic (exact) mass is 268 g/mol. The summed E-state index contributed by atoms with van der Waals surface area (Å²) in [6, 6.07) is -0.665. The fraction of sp³-hybridized carbons (Fsp3) is 0.692. The van der Waals surface area contributed by atoms with Gasteiger partial charge >= 0.3 is 12.0 Å². The number of carboxylic acid groups (broad SMARTS) is 1. The molecule has 2 N–H and O–H groups in total. The smallest absolute Gasteiger partial charge is 0.317 e. The fourth-order valence-corrected chi connectivity index (χ4v) is 2.07. The van der Waals surface area contributed by atoms with Crippen molar-refractivity contribution < 1.29 is 19.4 Å². The van der Waals surface area contributed by atoms with Gasteiger partial charge in [-0.3, -0.25) is 4.79 Å². The molecule has 1 fully saturated rings. The van der Waals surface area contributed by atoms with Crippen LogP contribution in [0.15, 0.2) is 0 Å². The second-order valence-electron chi connectivity index (χ2n) is 4.24. The van der Waals surface area contributed by atoms with Crippen molar-refractivity contribution in [1.29, 1.82) is 0 Å². The normalized spacial score (nSPS) is 21.4. The van der Waals surface area contributed by atoms with Crippen molar-refractivity contribution in [2.75, 3.05) is 26.3 Å². The zero-order valence-corrected chi connectivity index (χ0v) is 11.3. The first-order valence-electron chi connectivity index (χ1n) is 6.36. The lowest BCUT2D eigenvalue weighted by molar-refractivity contribution is -0.142. The second-order valence-corrected chi connectivity index (χ2v) is 4.24. The minimum atomic E-state index is -0.925. The van der Waals surface area contributed by atoms with E-state index in [0.717, 1.165) is 0 Å². The molecule has 0 saturated carbocycles. The van der Waals surface area contributed by atoms with Crippen LogP contribution < -0.4 is 5.32 Å². The summed E-state index contributed by atoms with van der Waals surface area (Å²) in [6.07, 6.45) is 0.587. The molecule has 1 saturated heterocycles. The van der Waals surface area contributed by atoms with Crippen LogP contribution in [0.25, 0.3) is 0 Å². The van der Waals surface area contributed by atoms with Gasteiger partial charge in [0.05, 0.1) is 19.3 Å². The molecule has 0 bridgehead atoms. The van der Waals surface area contributed by atoms with Crippen LogP contribution in [-0.2, 0) is 9.53 Å². The Hall–Kier alpha value is -1.74. The van der Waals surface area contributed by atoms with Gasteiger partial charge in [0.1, 0.15) is 5.92 Å². The molecule has 1 aliphatic heterocycles. The third-order valence-corrected chi connectivity index (χ3v) is 3.07. The van der Waals surface area contributed by atoms with Gasteiger partial charge in [0.25, 0.3) is 0 Å². The number of nitrogens with one attached hydrogen (secondary N) is 1. The van der Waals surface area contributed by atoms with Crippen molar-refractivity contribution in [2.45, 2.75) is 26.3 Å². The molecule has 0 aromatic carbocycles. The van der Waals surface area contributed by atoms with Gasteiger partial charge < -0.3 is 20.1 Å². The fourth-order valence-electron chi connectivity index (χ4n) is 2.07. The maximum absolute atomic E-state index is 12.0. The summed E-state index contributed by atoms with van der Waals surface area (Å²) >= 11 is 0. The van der Waals surface area contributed by atoms with Crippen LogP contribution in [0.3, 0.4) is 0 Å². The highest BCUT2D eigenvalue weighted by Gasteiger charge is 2.39. The molecule has 1 rings (SSSR count). The van der Waals surface area contributed by atoms with E-state index in [0.29, 0.717) is 19.5 Å². The first-order chi connectivity index (χ1) is 9.11. The van der Waals surface area contributed by atoms with Crippen LogP contribution in [0.1, 0.15) is 20.3 Å². The number of carbonyl (C=O) groups excluding carboxylic acids is 1. The number of amides is 2. The van der Waals surface area contributed by atoms with Crippen LogP contribution in [-0.4, -0.2) is 54.4 Å². The van der Waals surface area contributed by atoms with Gasteiger partial charge in [-0.15, -0.1) is 11.8 Å². The van der Waals surface area contributed by atoms with Gasteiger partial charge in [-0.05, 0) is 13.8 Å². The Balaban J connectivity index is 2.57. The van der Waals surface area contributed by atoms with E-state index in [1.807, 2.05) is 6.92 Å². The molecule has 1 heterocycles. The molecule has 19 heavy (non-hydrogen) atoms. The second kappa shape index (κ2) is 7.64. The minimum Gasteiger partial charge on any atom is -0.481 e. The molecule has 2 unspecified atom stereocenters. The first-order valence-corrected chi connectivity index (χ1v) is 6.36. The summed E-state index contributed by atoms with van der Waals surface area (Å²) in [7, 11) is 0. The largest absolute Gasteiger partial charge is 0.481 e. The van der Waals surface area contributed by atoms with Crippen LogP contribution in [0.2, 0.25) is 0 Å². The average molecular weight is 268 g/mol. The van der Waals surface area contributed by atoms with Gasteiger partial charge in [-0.1, -0.05) is 0 Å². The molecule has 0 radical (unpaired) electrons. The standard InChI is InChI=1S/C13H20N2O4/c1-3-5-6-7-14-13(18)15(4-2)11-9-19-8-10(11)12(16)17/h10-11H,4,6-9H2,1-2H3,(H,14,18)(H,16,17). The number of carbonyl (C=O) groups is 2. The number of hydrogen-bond acceptors (Lipinski definition) is 3. The van der Waals surface area contributed by atoms with Crippen molar-refractivity contribution in [1.82, 2.24) is 10.2 Å². The number of rotatable bonds is 5. The summed E-state index contributed by atoms with van der Waals surface area (Å²) in [5.41, 5.74) is 0. The summed E-state index contributed by atoms with van der Waals surface area (Å²) in [6.45, 7) is 4.90. The van der Waals surface area contributed by atoms with Gasteiger partial charge in [0.15, 0.2) is 0 Å². The van der Waals surface area contributed by atoms with Crippen molar-refractivity contribution >= 4 is 12.0 Å². The molecule has 0 aromatic heterocycles. The number of carboxylic acids is 1. The molecular formula is C13H20N2O4. The number of aliphatic carboxylic acids is 1. The maximum atomic E-state index is 12.0. The van der Waals surface area contributed by atoms with Gasteiger partial charge in [0.2, 0.25) is 0 Å². The van der Waals surface area contributed by atoms with Crippen molar-refractivity contribution in [3.8, 4) is 11.8 Å². The summed E-state index contributed by atoms with van der Waals surface area (Å²) in [4.78, 5) is 24.6. The van der Waals surface area contributed by atoms with Crippen LogP contribution in [0, 0.1) is 17.8 Å². The third-order valence-electron chi connectivity index (χ3n) is 3.07. The molecule has 6 nitrogen and oxygen atoms in total. The SMILES string of the molecule is CC#CCCNC(=O)N(CC)C1COCC1C(=O)O. The van der Waals surface area contributed by atoms with Gasteiger partial charge in [-0.25, -0.2) is 4.79 Å². The lowest BCUT2D eigenvalue weighted by atomic mass is 10.0. The number of urea groups is 1. The molecule has 0 aliphatic carbocycles. The maximum Gasteiger partial charge on any atom is 0.317 e. The zero-order chi connectivity index (χ0) is 14.3. The Morgan fingerprint density at radius 2 is 2.21 bits per heavy atom. The number of hydrogen-bond donors (Lipinski definition) is 2. The zero-order valence-electron chi connectivity index (χ0n) is 11.3. The highest BCUT2D eigenvalue weighted by Crippen LogP contribution is 2.20. The lowest BCUT2D eigenvalue weighted by Gasteiger charge is -2.29. The Labute approximate surface area is 113 Å². The summed E-state index contributed by atoms with van der Waals surface area (Å²) in [5, 5.41) is 11.8. The van der Waals surface area contributed by atoms with E-state index in [2.05, 4.69) is 17.2 Å². The molecule has 2 atom stereocenters. The quantitative estimate of drug-likeness (QED) is 0.563. The molecular weight excluding hydrogens is 248 g/mol. The number of likely N-dealkylation sites (N-methyl/N-ethyl adjacent to an activating group) is 1. The molecule has 2 amide bonds. The predicted octanol–water partition coefficient (Wildman–Crippen LogP) is 0.531. The highest BCUT2D eigenvalue weighted by molar-refractivity contribution is 5.77. The Bertz CT molecular complexity index is 386. The van der Waals surface area contributed by atoms with Crippen LogP contribution in [0.5, 0.6) is 0 Å². The van der Waals surface area contributed by atoms with E-state index in [1.165, 1.54) is 4.90 Å². The molecule has 106 valence electrons. The Kier molecular flexibility index (Phi) is 6.16. The van der Waals surface area contributed by atoms with E-state index in [4.69, 9.17) is 9.84 Å². The first kappa shape index (κ1) is 15.3. The number of nitrogens with zero attached hydrogens (tertiary/aromatic N) is 1. The van der Waals surface area contributed by atoms with E-state index in [-0.39, 0.29) is 19.2 Å². The van der Waals surface area contributed by atoms with Crippen molar-refractivity contribution in [3.63, 3.8) is 0 Å². The molecule has 6 heteroatoms. The van der Waals surface area contributed by atoms with E-state index in [1.54, 1.807) is 6.92 Å². The molecule has 1 aliphatic rings. The van der Waals surface area contributed by atoms with E-state index < -0.39 is 17.9 Å². The lowest BCUT2D eigenvalue weighted by Crippen LogP contribution is -2.50. The third kappa shape index (κ3) is 4.14. The minimum absolute atomic E-state index is 0.158. The Morgan fingerprint density at radius 3 is 2.79 bits per heavy atom. The van der Waals surface area contributed by atoms with E-state index in [9.17, 15) is 9.59 Å². The van der Waals surface area contributed by atoms with Gasteiger partial charge in [-0.2, -0.15) is 0 Å². The number of ether oxygens (including phenoxy) is 1. The van der Waals surface area contributed by atoms with Crippen molar-refractivity contribution in [3.05, 3.63) is 0 Å². The average Bonchev–Trinajstić information content (AvgIpc) is 2.85. The molecule has 0 spiro atoms. The summed E-state index contributed by atoms with van der Waals surface area (Å²) < 4.78 is 5.18. The van der Waals surface area contributed by atoms with Crippen LogP contribution >= 0.6 is 0 Å². The van der Waals surface area contributed by atoms with Gasteiger partial charge in [0, 0.05) is 19.5 Å². The topological polar surface area (TPSA) is 78.9 Å². The van der Waals surface area contributed by atoms with Crippen molar-refractivity contribution in [2.24, 2.45) is 5.92 Å². The van der Waals surface area contributed by atoms with E-state index >= 15 is 0 Å². The summed E-state index contributed by atoms with van der Waals surface area (Å²) in [5.74, 6) is 4.03. The molecule has 0 aromatic rings. The predicted molar refractivity (Wildman–Crippen MR) is 69.6 cm³/mol.